The van der Waals surface area contributed by atoms with Crippen LogP contribution in [0, 0.1) is 5.82 Å². The first-order valence-electron chi connectivity index (χ1n) is 8.67. The normalized spacial score (nSPS) is 10.7. The number of rotatable bonds is 4. The molecule has 3 N–H and O–H groups in total. The third-order valence-electron chi connectivity index (χ3n) is 4.16. The first-order chi connectivity index (χ1) is 14.0. The monoisotopic (exact) mass is 410 g/mol. The Kier molecular flexibility index (Phi) is 5.01. The highest BCUT2D eigenvalue weighted by atomic mass is 35.5. The van der Waals surface area contributed by atoms with E-state index in [9.17, 15) is 9.18 Å². The fourth-order valence-electron chi connectivity index (χ4n) is 2.76. The Morgan fingerprint density at radius 3 is 2.38 bits per heavy atom. The van der Waals surface area contributed by atoms with Crippen LogP contribution in [0.1, 0.15) is 0 Å². The summed E-state index contributed by atoms with van der Waals surface area (Å²) in [6.45, 7) is 0. The number of nitrogens with one attached hydrogen (secondary N) is 3. The molecule has 2 aromatic carbocycles. The highest BCUT2D eigenvalue weighted by molar-refractivity contribution is 6.30. The van der Waals surface area contributed by atoms with Gasteiger partial charge in [0.05, 0.1) is 5.39 Å². The van der Waals surface area contributed by atoms with Crippen molar-refractivity contribution in [3.8, 4) is 0 Å². The Labute approximate surface area is 170 Å². The number of fused-ring (bicyclic) bond motifs is 1. The summed E-state index contributed by atoms with van der Waals surface area (Å²) in [6.07, 6.45) is 1.86. The number of carbonyl (C=O) groups excluding carboxylic acids is 1. The molecule has 4 aromatic rings. The predicted molar refractivity (Wildman–Crippen MR) is 112 cm³/mol. The zero-order chi connectivity index (χ0) is 20.4. The van der Waals surface area contributed by atoms with Gasteiger partial charge in [-0.25, -0.2) is 9.18 Å². The second-order valence-electron chi connectivity index (χ2n) is 6.28. The van der Waals surface area contributed by atoms with Crippen LogP contribution in [0.3, 0.4) is 0 Å². The molecule has 9 heteroatoms. The number of benzene rings is 2. The van der Waals surface area contributed by atoms with E-state index in [-0.39, 0.29) is 11.8 Å². The van der Waals surface area contributed by atoms with Gasteiger partial charge in [0.1, 0.15) is 17.3 Å². The molecule has 2 heterocycles. The summed E-state index contributed by atoms with van der Waals surface area (Å²) in [4.78, 5) is 21.1. The molecule has 0 spiro atoms. The summed E-state index contributed by atoms with van der Waals surface area (Å²) in [5, 5.41) is 9.87. The van der Waals surface area contributed by atoms with Crippen LogP contribution in [0.4, 0.5) is 32.3 Å². The quantitative estimate of drug-likeness (QED) is 0.434. The van der Waals surface area contributed by atoms with Crippen LogP contribution in [0.5, 0.6) is 0 Å². The van der Waals surface area contributed by atoms with E-state index in [1.54, 1.807) is 12.1 Å². The van der Waals surface area contributed by atoms with Crippen molar-refractivity contribution in [1.29, 1.82) is 0 Å². The molecule has 146 valence electrons. The summed E-state index contributed by atoms with van der Waals surface area (Å²) in [5.41, 5.74) is 1.89. The van der Waals surface area contributed by atoms with E-state index >= 15 is 0 Å². The number of halogens is 2. The maximum atomic E-state index is 13.0. The van der Waals surface area contributed by atoms with Crippen LogP contribution in [-0.4, -0.2) is 20.6 Å². The highest BCUT2D eigenvalue weighted by Gasteiger charge is 2.13. The highest BCUT2D eigenvalue weighted by Crippen LogP contribution is 2.26. The summed E-state index contributed by atoms with van der Waals surface area (Å²) < 4.78 is 14.8. The van der Waals surface area contributed by atoms with Crippen molar-refractivity contribution < 1.29 is 9.18 Å². The molecule has 2 amide bonds. The lowest BCUT2D eigenvalue weighted by molar-refractivity contribution is 0.262. The van der Waals surface area contributed by atoms with Gasteiger partial charge in [-0.1, -0.05) is 11.6 Å². The van der Waals surface area contributed by atoms with Crippen LogP contribution in [0.25, 0.3) is 11.0 Å². The Morgan fingerprint density at radius 2 is 1.66 bits per heavy atom. The lowest BCUT2D eigenvalue weighted by Crippen LogP contribution is -2.21. The van der Waals surface area contributed by atoms with Crippen LogP contribution < -0.4 is 16.0 Å². The van der Waals surface area contributed by atoms with Gasteiger partial charge in [0, 0.05) is 29.6 Å². The SMILES string of the molecule is Cn1ccc2c(Nc3ccc(Cl)cc3)nc(NC(=O)Nc3ccc(F)cc3)nc21. The summed E-state index contributed by atoms with van der Waals surface area (Å²) in [6, 6.07) is 14.0. The average molecular weight is 411 g/mol. The zero-order valence-electron chi connectivity index (χ0n) is 15.3. The van der Waals surface area contributed by atoms with Crippen molar-refractivity contribution >= 4 is 51.8 Å². The lowest BCUT2D eigenvalue weighted by Gasteiger charge is -2.11. The molecule has 4 rings (SSSR count). The second kappa shape index (κ2) is 7.76. The molecule has 0 saturated carbocycles. The van der Waals surface area contributed by atoms with E-state index in [0.717, 1.165) is 11.1 Å². The molecule has 0 aliphatic heterocycles. The lowest BCUT2D eigenvalue weighted by atomic mass is 10.3. The van der Waals surface area contributed by atoms with Gasteiger partial charge in [0.25, 0.3) is 0 Å². The van der Waals surface area contributed by atoms with Crippen LogP contribution in [0.15, 0.2) is 60.8 Å². The number of hydrogen-bond acceptors (Lipinski definition) is 4. The van der Waals surface area contributed by atoms with Gasteiger partial charge < -0.3 is 15.2 Å². The van der Waals surface area contributed by atoms with Gasteiger partial charge in [-0.15, -0.1) is 0 Å². The summed E-state index contributed by atoms with van der Waals surface area (Å²) in [7, 11) is 1.85. The van der Waals surface area contributed by atoms with Crippen LogP contribution in [0.2, 0.25) is 5.02 Å². The van der Waals surface area contributed by atoms with E-state index in [1.807, 2.05) is 36.0 Å². The third-order valence-corrected chi connectivity index (χ3v) is 4.41. The molecular formula is C20H16ClFN6O. The van der Waals surface area contributed by atoms with Crippen molar-refractivity contribution in [2.45, 2.75) is 0 Å². The molecule has 0 atom stereocenters. The third kappa shape index (κ3) is 4.27. The number of aryl methyl sites for hydroxylation is 1. The molecule has 0 radical (unpaired) electrons. The Hall–Kier alpha value is -3.65. The molecule has 2 aromatic heterocycles. The van der Waals surface area contributed by atoms with Gasteiger partial charge in [0.2, 0.25) is 5.95 Å². The average Bonchev–Trinajstić information content (AvgIpc) is 3.07. The fraction of sp³-hybridized carbons (Fsp3) is 0.0500. The molecule has 0 aliphatic carbocycles. The summed E-state index contributed by atoms with van der Waals surface area (Å²) in [5.74, 6) is 0.275. The van der Waals surface area contributed by atoms with Gasteiger partial charge in [-0.05, 0) is 54.6 Å². The second-order valence-corrected chi connectivity index (χ2v) is 6.71. The largest absolute Gasteiger partial charge is 0.339 e. The number of nitrogens with zero attached hydrogens (tertiary/aromatic N) is 3. The smallest absolute Gasteiger partial charge is 0.326 e. The Bertz CT molecular complexity index is 1170. The minimum atomic E-state index is -0.539. The number of urea groups is 1. The Balaban J connectivity index is 1.60. The number of anilines is 4. The van der Waals surface area contributed by atoms with Crippen molar-refractivity contribution in [1.82, 2.24) is 14.5 Å². The fourth-order valence-corrected chi connectivity index (χ4v) is 2.88. The molecule has 0 bridgehead atoms. The van der Waals surface area contributed by atoms with E-state index < -0.39 is 6.03 Å². The minimum absolute atomic E-state index is 0.121. The number of amides is 2. The maximum absolute atomic E-state index is 13.0. The molecule has 0 fully saturated rings. The van der Waals surface area contributed by atoms with E-state index in [2.05, 4.69) is 25.9 Å². The topological polar surface area (TPSA) is 83.9 Å². The van der Waals surface area contributed by atoms with Crippen LogP contribution in [-0.2, 0) is 7.05 Å². The van der Waals surface area contributed by atoms with Crippen LogP contribution >= 0.6 is 11.6 Å². The maximum Gasteiger partial charge on any atom is 0.326 e. The van der Waals surface area contributed by atoms with Gasteiger partial charge in [-0.3, -0.25) is 5.32 Å². The van der Waals surface area contributed by atoms with E-state index in [0.29, 0.717) is 22.2 Å². The number of hydrogen-bond donors (Lipinski definition) is 3. The first-order valence-corrected chi connectivity index (χ1v) is 9.05. The summed E-state index contributed by atoms with van der Waals surface area (Å²) >= 11 is 5.94. The number of aromatic nitrogens is 3. The zero-order valence-corrected chi connectivity index (χ0v) is 16.0. The van der Waals surface area contributed by atoms with Crippen molar-refractivity contribution in [2.75, 3.05) is 16.0 Å². The molecule has 7 nitrogen and oxygen atoms in total. The van der Waals surface area contributed by atoms with E-state index in [4.69, 9.17) is 11.6 Å². The standard InChI is InChI=1S/C20H16ClFN6O/c1-28-11-10-16-17(23-14-6-2-12(21)3-7-14)25-19(26-18(16)28)27-20(29)24-15-8-4-13(22)5-9-15/h2-11H,1H3,(H3,23,24,25,26,27,29). The van der Waals surface area contributed by atoms with E-state index in [1.165, 1.54) is 24.3 Å². The molecule has 29 heavy (non-hydrogen) atoms. The molecule has 0 aliphatic rings. The molecule has 0 unspecified atom stereocenters. The first kappa shape index (κ1) is 18.7. The van der Waals surface area contributed by atoms with Gasteiger partial charge in [0.15, 0.2) is 0 Å². The number of carbonyl (C=O) groups is 1. The minimum Gasteiger partial charge on any atom is -0.339 e. The predicted octanol–water partition coefficient (Wildman–Crippen LogP) is 5.15. The van der Waals surface area contributed by atoms with Gasteiger partial charge in [-0.2, -0.15) is 9.97 Å². The van der Waals surface area contributed by atoms with Gasteiger partial charge >= 0.3 is 6.03 Å². The van der Waals surface area contributed by atoms with Crippen molar-refractivity contribution in [3.63, 3.8) is 0 Å². The molecule has 0 saturated heterocycles. The van der Waals surface area contributed by atoms with Crippen molar-refractivity contribution in [2.24, 2.45) is 7.05 Å². The van der Waals surface area contributed by atoms with Crippen molar-refractivity contribution in [3.05, 3.63) is 71.6 Å². The Morgan fingerprint density at radius 1 is 0.966 bits per heavy atom. The molecular weight excluding hydrogens is 395 g/mol.